The highest BCUT2D eigenvalue weighted by atomic mass is 35.5. The molecule has 3 rings (SSSR count). The number of benzene rings is 2. The third kappa shape index (κ3) is 2.62. The molecule has 0 N–H and O–H groups in total. The average Bonchev–Trinajstić information content (AvgIpc) is 2.82. The van der Waals surface area contributed by atoms with Gasteiger partial charge in [-0.2, -0.15) is 0 Å². The summed E-state index contributed by atoms with van der Waals surface area (Å²) in [7, 11) is 0. The molecule has 0 fully saturated rings. The highest BCUT2D eigenvalue weighted by molar-refractivity contribution is 6.35. The van der Waals surface area contributed by atoms with E-state index < -0.39 is 0 Å². The van der Waals surface area contributed by atoms with E-state index in [0.717, 1.165) is 11.2 Å². The van der Waals surface area contributed by atoms with Crippen molar-refractivity contribution in [1.29, 1.82) is 0 Å². The average molecular weight is 360 g/mol. The highest BCUT2D eigenvalue weighted by Crippen LogP contribution is 2.34. The fourth-order valence-corrected chi connectivity index (χ4v) is 2.99. The summed E-state index contributed by atoms with van der Waals surface area (Å²) in [5.41, 5.74) is 2.27. The molecule has 108 valence electrons. The molecule has 0 radical (unpaired) electrons. The van der Waals surface area contributed by atoms with Crippen molar-refractivity contribution in [3.63, 3.8) is 0 Å². The lowest BCUT2D eigenvalue weighted by atomic mass is 10.2. The molecule has 1 atom stereocenters. The maximum absolute atomic E-state index is 6.32. The maximum Gasteiger partial charge on any atom is 0.132 e. The van der Waals surface area contributed by atoms with E-state index in [1.54, 1.807) is 24.3 Å². The molecule has 0 saturated carbocycles. The summed E-state index contributed by atoms with van der Waals surface area (Å²) in [6, 6.07) is 10.9. The highest BCUT2D eigenvalue weighted by Gasteiger charge is 2.19. The molecular weight excluding hydrogens is 350 g/mol. The predicted molar refractivity (Wildman–Crippen MR) is 90.4 cm³/mol. The van der Waals surface area contributed by atoms with Gasteiger partial charge in [0.05, 0.1) is 26.6 Å². The molecule has 21 heavy (non-hydrogen) atoms. The second-order valence-electron chi connectivity index (χ2n) is 4.62. The molecule has 0 saturated heterocycles. The van der Waals surface area contributed by atoms with Crippen molar-refractivity contribution in [2.24, 2.45) is 0 Å². The molecule has 3 aromatic rings. The number of hydrogen-bond donors (Lipinski definition) is 0. The first-order chi connectivity index (χ1) is 9.99. The molecule has 0 bridgehead atoms. The van der Waals surface area contributed by atoms with Crippen molar-refractivity contribution in [1.82, 2.24) is 9.55 Å². The van der Waals surface area contributed by atoms with Gasteiger partial charge in [-0.3, -0.25) is 4.57 Å². The summed E-state index contributed by atoms with van der Waals surface area (Å²) >= 11 is 24.9. The third-order valence-corrected chi connectivity index (χ3v) is 4.22. The number of nitrogens with zero attached hydrogens (tertiary/aromatic N) is 2. The van der Waals surface area contributed by atoms with Gasteiger partial charge in [0, 0.05) is 5.02 Å². The van der Waals surface area contributed by atoms with E-state index in [4.69, 9.17) is 46.4 Å². The monoisotopic (exact) mass is 358 g/mol. The molecule has 1 aromatic heterocycles. The van der Waals surface area contributed by atoms with E-state index in [1.807, 2.05) is 23.6 Å². The van der Waals surface area contributed by atoms with E-state index >= 15 is 0 Å². The first kappa shape index (κ1) is 15.0. The van der Waals surface area contributed by atoms with Crippen molar-refractivity contribution >= 4 is 57.4 Å². The lowest BCUT2D eigenvalue weighted by Crippen LogP contribution is -2.02. The minimum atomic E-state index is -0.302. The minimum absolute atomic E-state index is 0.302. The van der Waals surface area contributed by atoms with Crippen LogP contribution in [-0.4, -0.2) is 9.55 Å². The Balaban J connectivity index is 2.42. The molecule has 2 nitrogen and oxygen atoms in total. The number of halogens is 4. The van der Waals surface area contributed by atoms with Crippen molar-refractivity contribution in [2.75, 3.05) is 0 Å². The number of alkyl halides is 1. The van der Waals surface area contributed by atoms with Gasteiger partial charge in [0.2, 0.25) is 0 Å². The van der Waals surface area contributed by atoms with Crippen LogP contribution in [0.15, 0.2) is 36.4 Å². The maximum atomic E-state index is 6.32. The predicted octanol–water partition coefficient (Wildman–Crippen LogP) is 6.29. The summed E-state index contributed by atoms with van der Waals surface area (Å²) < 4.78 is 1.90. The Bertz CT molecular complexity index is 824. The summed E-state index contributed by atoms with van der Waals surface area (Å²) in [6.45, 7) is 1.85. The number of fused-ring (bicyclic) bond motifs is 1. The number of rotatable bonds is 2. The SMILES string of the molecule is CC(Cl)c1nc2c(Cl)cccc2n1-c1cc(Cl)ccc1Cl. The molecule has 1 heterocycles. The summed E-state index contributed by atoms with van der Waals surface area (Å²) in [5.74, 6) is 0.670. The first-order valence-electron chi connectivity index (χ1n) is 6.25. The van der Waals surface area contributed by atoms with Gasteiger partial charge in [-0.25, -0.2) is 4.98 Å². The van der Waals surface area contributed by atoms with Gasteiger partial charge in [0.1, 0.15) is 11.3 Å². The summed E-state index contributed by atoms with van der Waals surface area (Å²) in [6.07, 6.45) is 0. The van der Waals surface area contributed by atoms with Crippen LogP contribution in [0.3, 0.4) is 0 Å². The zero-order valence-electron chi connectivity index (χ0n) is 10.9. The van der Waals surface area contributed by atoms with E-state index in [2.05, 4.69) is 4.98 Å². The van der Waals surface area contributed by atoms with Crippen molar-refractivity contribution in [3.05, 3.63) is 57.3 Å². The van der Waals surface area contributed by atoms with E-state index in [0.29, 0.717) is 26.4 Å². The quantitative estimate of drug-likeness (QED) is 0.492. The van der Waals surface area contributed by atoms with Crippen LogP contribution in [0.2, 0.25) is 15.1 Å². The Kier molecular flexibility index (Phi) is 4.06. The molecule has 0 spiro atoms. The second kappa shape index (κ2) is 5.69. The molecule has 6 heteroatoms. The van der Waals surface area contributed by atoms with E-state index in [1.165, 1.54) is 0 Å². The van der Waals surface area contributed by atoms with E-state index in [9.17, 15) is 0 Å². The van der Waals surface area contributed by atoms with Gasteiger partial charge >= 0.3 is 0 Å². The zero-order chi connectivity index (χ0) is 15.1. The smallest absolute Gasteiger partial charge is 0.132 e. The summed E-state index contributed by atoms with van der Waals surface area (Å²) in [4.78, 5) is 4.56. The molecule has 0 amide bonds. The van der Waals surface area contributed by atoms with Gasteiger partial charge < -0.3 is 0 Å². The largest absolute Gasteiger partial charge is 0.293 e. The topological polar surface area (TPSA) is 17.8 Å². The van der Waals surface area contributed by atoms with Crippen molar-refractivity contribution < 1.29 is 0 Å². The van der Waals surface area contributed by atoms with Crippen LogP contribution < -0.4 is 0 Å². The van der Waals surface area contributed by atoms with Gasteiger partial charge in [-0.15, -0.1) is 11.6 Å². The molecule has 0 aliphatic carbocycles. The molecule has 0 aliphatic rings. The van der Waals surface area contributed by atoms with Crippen LogP contribution in [0.5, 0.6) is 0 Å². The Labute approximate surface area is 142 Å². The Morgan fingerprint density at radius 1 is 1.05 bits per heavy atom. The van der Waals surface area contributed by atoms with Crippen LogP contribution in [0.4, 0.5) is 0 Å². The minimum Gasteiger partial charge on any atom is -0.293 e. The van der Waals surface area contributed by atoms with Crippen LogP contribution in [0.1, 0.15) is 18.1 Å². The number of aromatic nitrogens is 2. The lowest BCUT2D eigenvalue weighted by Gasteiger charge is -2.12. The Morgan fingerprint density at radius 3 is 2.52 bits per heavy atom. The van der Waals surface area contributed by atoms with Crippen LogP contribution in [0, 0.1) is 0 Å². The van der Waals surface area contributed by atoms with Gasteiger partial charge in [0.25, 0.3) is 0 Å². The third-order valence-electron chi connectivity index (χ3n) is 3.17. The normalized spacial score (nSPS) is 12.8. The Hall–Kier alpha value is -0.930. The molecular formula is C15H10Cl4N2. The number of para-hydroxylation sites is 1. The second-order valence-corrected chi connectivity index (χ2v) is 6.53. The molecule has 0 aliphatic heterocycles. The van der Waals surface area contributed by atoms with Crippen LogP contribution >= 0.6 is 46.4 Å². The zero-order valence-corrected chi connectivity index (χ0v) is 14.0. The fourth-order valence-electron chi connectivity index (χ4n) is 2.26. The lowest BCUT2D eigenvalue weighted by molar-refractivity contribution is 0.883. The summed E-state index contributed by atoms with van der Waals surface area (Å²) in [5, 5.41) is 1.43. The Morgan fingerprint density at radius 2 is 1.81 bits per heavy atom. The van der Waals surface area contributed by atoms with Crippen molar-refractivity contribution in [3.8, 4) is 5.69 Å². The first-order valence-corrected chi connectivity index (χ1v) is 7.82. The fraction of sp³-hybridized carbons (Fsp3) is 0.133. The number of imidazole rings is 1. The van der Waals surface area contributed by atoms with Crippen LogP contribution in [-0.2, 0) is 0 Å². The van der Waals surface area contributed by atoms with E-state index in [-0.39, 0.29) is 5.38 Å². The van der Waals surface area contributed by atoms with Crippen molar-refractivity contribution in [2.45, 2.75) is 12.3 Å². The standard InChI is InChI=1S/C15H10Cl4N2/c1-8(16)15-20-14-11(19)3-2-4-12(14)21(15)13-7-9(17)5-6-10(13)18/h2-8H,1H3. The molecule has 1 unspecified atom stereocenters. The van der Waals surface area contributed by atoms with Crippen LogP contribution in [0.25, 0.3) is 16.7 Å². The van der Waals surface area contributed by atoms with Gasteiger partial charge in [0.15, 0.2) is 0 Å². The van der Waals surface area contributed by atoms with Gasteiger partial charge in [-0.1, -0.05) is 40.9 Å². The number of hydrogen-bond acceptors (Lipinski definition) is 1. The molecule has 2 aromatic carbocycles. The van der Waals surface area contributed by atoms with Gasteiger partial charge in [-0.05, 0) is 37.3 Å².